The number of hydrogen-bond donors (Lipinski definition) is 1. The maximum atomic E-state index is 6.11. The van der Waals surface area contributed by atoms with E-state index >= 15 is 0 Å². The Morgan fingerprint density at radius 3 is 3.00 bits per heavy atom. The maximum Gasteiger partial charge on any atom is 0.185 e. The van der Waals surface area contributed by atoms with E-state index in [1.807, 2.05) is 12.3 Å². The van der Waals surface area contributed by atoms with Gasteiger partial charge in [-0.05, 0) is 45.4 Å². The van der Waals surface area contributed by atoms with Gasteiger partial charge in [-0.25, -0.2) is 4.98 Å². The second kappa shape index (κ2) is 7.77. The van der Waals surface area contributed by atoms with E-state index in [-0.39, 0.29) is 5.60 Å². The largest absolute Gasteiger partial charge is 0.374 e. The second-order valence-corrected chi connectivity index (χ2v) is 7.80. The van der Waals surface area contributed by atoms with Crippen LogP contribution in [-0.4, -0.2) is 42.4 Å². The minimum Gasteiger partial charge on any atom is -0.374 e. The lowest BCUT2D eigenvalue weighted by atomic mass is 9.88. The van der Waals surface area contributed by atoms with Gasteiger partial charge in [0, 0.05) is 43.4 Å². The number of anilines is 1. The van der Waals surface area contributed by atoms with Crippen molar-refractivity contribution in [1.29, 1.82) is 0 Å². The highest BCUT2D eigenvalue weighted by Gasteiger charge is 2.39. The third-order valence-electron chi connectivity index (χ3n) is 5.27. The number of piperidine rings is 1. The van der Waals surface area contributed by atoms with Gasteiger partial charge >= 0.3 is 0 Å². The summed E-state index contributed by atoms with van der Waals surface area (Å²) in [5, 5.41) is 7.15. The van der Waals surface area contributed by atoms with Crippen LogP contribution >= 0.6 is 11.3 Å². The zero-order valence-electron chi connectivity index (χ0n) is 14.2. The molecule has 0 bridgehead atoms. The monoisotopic (exact) mass is 335 g/mol. The molecule has 1 N–H and O–H groups in total. The van der Waals surface area contributed by atoms with Crippen LogP contribution in [0.15, 0.2) is 24.2 Å². The van der Waals surface area contributed by atoms with Crippen molar-refractivity contribution < 1.29 is 4.74 Å². The average molecular weight is 336 g/mol. The van der Waals surface area contributed by atoms with E-state index in [0.717, 1.165) is 37.7 Å². The van der Waals surface area contributed by atoms with Crippen LogP contribution in [0.25, 0.3) is 0 Å². The Morgan fingerprint density at radius 1 is 1.57 bits per heavy atom. The Balaban J connectivity index is 1.55. The van der Waals surface area contributed by atoms with Gasteiger partial charge in [0.1, 0.15) is 0 Å². The molecule has 2 fully saturated rings. The highest BCUT2D eigenvalue weighted by molar-refractivity contribution is 7.13. The summed E-state index contributed by atoms with van der Waals surface area (Å²) >= 11 is 1.74. The third-order valence-corrected chi connectivity index (χ3v) is 6.10. The van der Waals surface area contributed by atoms with Gasteiger partial charge in [0.05, 0.1) is 5.60 Å². The fourth-order valence-corrected chi connectivity index (χ4v) is 4.52. The molecular formula is C18H29N3OS. The van der Waals surface area contributed by atoms with Crippen LogP contribution in [-0.2, 0) is 4.74 Å². The third kappa shape index (κ3) is 4.14. The Bertz CT molecular complexity index is 476. The van der Waals surface area contributed by atoms with E-state index in [9.17, 15) is 0 Å². The van der Waals surface area contributed by atoms with Crippen molar-refractivity contribution in [2.45, 2.75) is 63.1 Å². The fourth-order valence-electron chi connectivity index (χ4n) is 3.82. The van der Waals surface area contributed by atoms with Crippen LogP contribution in [0.2, 0.25) is 0 Å². The van der Waals surface area contributed by atoms with E-state index in [1.165, 1.54) is 25.7 Å². The summed E-state index contributed by atoms with van der Waals surface area (Å²) in [6.45, 7) is 9.27. The van der Waals surface area contributed by atoms with Gasteiger partial charge in [0.2, 0.25) is 0 Å². The van der Waals surface area contributed by atoms with E-state index in [1.54, 1.807) is 11.3 Å². The minimum absolute atomic E-state index is 0.00451. The highest BCUT2D eigenvalue weighted by Crippen LogP contribution is 2.32. The fraction of sp³-hybridized carbons (Fsp3) is 0.722. The Morgan fingerprint density at radius 2 is 2.39 bits per heavy atom. The molecule has 0 aromatic carbocycles. The van der Waals surface area contributed by atoms with Gasteiger partial charge in [-0.15, -0.1) is 17.9 Å². The topological polar surface area (TPSA) is 37.4 Å². The molecule has 5 heteroatoms. The quantitative estimate of drug-likeness (QED) is 0.773. The van der Waals surface area contributed by atoms with E-state index in [4.69, 9.17) is 4.74 Å². The van der Waals surface area contributed by atoms with Gasteiger partial charge in [-0.3, -0.25) is 0 Å². The van der Waals surface area contributed by atoms with Crippen LogP contribution in [0.5, 0.6) is 0 Å². The summed E-state index contributed by atoms with van der Waals surface area (Å²) in [6, 6.07) is 1.02. The van der Waals surface area contributed by atoms with Gasteiger partial charge in [-0.1, -0.05) is 6.08 Å². The van der Waals surface area contributed by atoms with E-state index in [2.05, 4.69) is 34.1 Å². The number of rotatable bonds is 7. The summed E-state index contributed by atoms with van der Waals surface area (Å²) in [5.74, 6) is 0. The first kappa shape index (κ1) is 16.9. The molecule has 0 radical (unpaired) electrons. The molecule has 2 aliphatic rings. The standard InChI is InChI=1S/C18H29N3OS/c1-3-4-6-16(18(2)9-5-13-22-18)20-15-7-11-21(12-8-15)17-19-10-14-23-17/h3,10,14-16,20H,1,4-9,11-13H2,2H3. The Labute approximate surface area is 143 Å². The molecule has 2 unspecified atom stereocenters. The van der Waals surface area contributed by atoms with E-state index < -0.39 is 0 Å². The molecule has 3 rings (SSSR count). The number of allylic oxidation sites excluding steroid dienone is 1. The molecule has 0 saturated carbocycles. The molecule has 4 nitrogen and oxygen atoms in total. The van der Waals surface area contributed by atoms with Crippen molar-refractivity contribution in [3.8, 4) is 0 Å². The molecule has 2 saturated heterocycles. The lowest BCUT2D eigenvalue weighted by Crippen LogP contribution is -2.54. The number of nitrogens with one attached hydrogen (secondary N) is 1. The van der Waals surface area contributed by atoms with Gasteiger partial charge in [0.15, 0.2) is 5.13 Å². The van der Waals surface area contributed by atoms with Crippen molar-refractivity contribution in [3.63, 3.8) is 0 Å². The first-order chi connectivity index (χ1) is 11.2. The first-order valence-electron chi connectivity index (χ1n) is 8.86. The molecule has 0 aliphatic carbocycles. The van der Waals surface area contributed by atoms with Crippen molar-refractivity contribution in [2.24, 2.45) is 0 Å². The number of aromatic nitrogens is 1. The predicted molar refractivity (Wildman–Crippen MR) is 97.3 cm³/mol. The molecule has 3 heterocycles. The van der Waals surface area contributed by atoms with Crippen LogP contribution in [0.3, 0.4) is 0 Å². The van der Waals surface area contributed by atoms with Crippen LogP contribution < -0.4 is 10.2 Å². The van der Waals surface area contributed by atoms with Crippen molar-refractivity contribution in [3.05, 3.63) is 24.2 Å². The van der Waals surface area contributed by atoms with Crippen molar-refractivity contribution >= 4 is 16.5 Å². The molecule has 1 aromatic rings. The van der Waals surface area contributed by atoms with E-state index in [0.29, 0.717) is 12.1 Å². The molecule has 2 aliphatic heterocycles. The highest BCUT2D eigenvalue weighted by atomic mass is 32.1. The van der Waals surface area contributed by atoms with Crippen LogP contribution in [0.1, 0.15) is 45.4 Å². The minimum atomic E-state index is -0.00451. The molecule has 23 heavy (non-hydrogen) atoms. The summed E-state index contributed by atoms with van der Waals surface area (Å²) in [7, 11) is 0. The molecule has 0 amide bonds. The normalized spacial score (nSPS) is 27.3. The maximum absolute atomic E-state index is 6.11. The zero-order valence-corrected chi connectivity index (χ0v) is 15.0. The predicted octanol–water partition coefficient (Wildman–Crippen LogP) is 3.61. The Hall–Kier alpha value is -0.910. The lowest BCUT2D eigenvalue weighted by molar-refractivity contribution is -0.0176. The number of nitrogens with zero attached hydrogens (tertiary/aromatic N) is 2. The van der Waals surface area contributed by atoms with Crippen molar-refractivity contribution in [1.82, 2.24) is 10.3 Å². The molecule has 0 spiro atoms. The zero-order chi connectivity index (χ0) is 16.1. The average Bonchev–Trinajstić information content (AvgIpc) is 3.24. The van der Waals surface area contributed by atoms with Crippen LogP contribution in [0, 0.1) is 0 Å². The summed E-state index contributed by atoms with van der Waals surface area (Å²) in [5.41, 5.74) is -0.00451. The first-order valence-corrected chi connectivity index (χ1v) is 9.74. The SMILES string of the molecule is C=CCCC(NC1CCN(c2nccs2)CC1)C1(C)CCCO1. The molecular weight excluding hydrogens is 306 g/mol. The molecule has 2 atom stereocenters. The molecule has 1 aromatic heterocycles. The molecule has 128 valence electrons. The summed E-state index contributed by atoms with van der Waals surface area (Å²) in [4.78, 5) is 6.85. The number of ether oxygens (including phenoxy) is 1. The van der Waals surface area contributed by atoms with Crippen LogP contribution in [0.4, 0.5) is 5.13 Å². The second-order valence-electron chi connectivity index (χ2n) is 6.93. The Kier molecular flexibility index (Phi) is 5.72. The smallest absolute Gasteiger partial charge is 0.185 e. The number of hydrogen-bond acceptors (Lipinski definition) is 5. The van der Waals surface area contributed by atoms with Gasteiger partial charge < -0.3 is 15.0 Å². The summed E-state index contributed by atoms with van der Waals surface area (Å²) < 4.78 is 6.11. The summed E-state index contributed by atoms with van der Waals surface area (Å²) in [6.07, 6.45) is 10.8. The van der Waals surface area contributed by atoms with Gasteiger partial charge in [0.25, 0.3) is 0 Å². The van der Waals surface area contributed by atoms with Crippen molar-refractivity contribution in [2.75, 3.05) is 24.6 Å². The number of thiazole rings is 1. The lowest BCUT2D eigenvalue weighted by Gasteiger charge is -2.39. The van der Waals surface area contributed by atoms with Gasteiger partial charge in [-0.2, -0.15) is 0 Å².